The minimum Gasteiger partial charge on any atom is -0.481 e. The van der Waals surface area contributed by atoms with Gasteiger partial charge in [0, 0.05) is 46.0 Å². The number of amides is 3. The molecular weight excluding hydrogens is 1290 g/mol. The van der Waals surface area contributed by atoms with Crippen molar-refractivity contribution in [2.24, 2.45) is 29.1 Å². The van der Waals surface area contributed by atoms with Gasteiger partial charge in [0.15, 0.2) is 6.10 Å². The average Bonchev–Trinajstić information content (AvgIpc) is 1.66. The van der Waals surface area contributed by atoms with Gasteiger partial charge >= 0.3 is 65.7 Å². The highest BCUT2D eigenvalue weighted by Crippen LogP contribution is 2.48. The van der Waals surface area contributed by atoms with Crippen LogP contribution in [0.15, 0.2) is 54.7 Å². The van der Waals surface area contributed by atoms with Crippen molar-refractivity contribution in [1.82, 2.24) is 26.3 Å². The van der Waals surface area contributed by atoms with Gasteiger partial charge in [-0.15, -0.1) is 0 Å². The number of nitrogens with one attached hydrogen (secondary N) is 4. The van der Waals surface area contributed by atoms with Gasteiger partial charge in [-0.25, -0.2) is 14.4 Å². The van der Waals surface area contributed by atoms with E-state index in [1.54, 1.807) is 46.9 Å². The van der Waals surface area contributed by atoms with E-state index in [1.165, 1.54) is 40.1 Å². The predicted octanol–water partition coefficient (Wildman–Crippen LogP) is 8.82. The van der Waals surface area contributed by atoms with E-state index in [9.17, 15) is 67.1 Å². The molecule has 1 aromatic heterocycles. The maximum absolute atomic E-state index is 11.5. The fourth-order valence-corrected chi connectivity index (χ4v) is 6.42. The van der Waals surface area contributed by atoms with Crippen molar-refractivity contribution in [3.63, 3.8) is 0 Å². The Morgan fingerprint density at radius 2 is 0.980 bits per heavy atom. The first kappa shape index (κ1) is 105. The molecule has 564 valence electrons. The van der Waals surface area contributed by atoms with Crippen LogP contribution in [-0.2, 0) is 67.1 Å². The molecule has 0 spiro atoms. The smallest absolute Gasteiger partial charge is 0.332 e. The molecule has 0 radical (unpaired) electrons. The van der Waals surface area contributed by atoms with Crippen LogP contribution in [0.2, 0.25) is 0 Å². The SMILES string of the molecule is CC(=O)NC(C)CC(=O)O.CC(C)CC(=O)O.CCC(C(=O)O)c1ccccc1.CCC(C)C(=O)O.CCC(CC(C)C)C(=O)O.CCC(NC(=O)c1ccccn1)C(=O)O.CCC(NC(C)=O)C(=O)O.CCC1(C(=O)O)CC1.CCCC(=O)O.CNCC(=O)O.COC(C)C(=O)O. The summed E-state index contributed by atoms with van der Waals surface area (Å²) in [5.41, 5.74) is 0.810. The van der Waals surface area contributed by atoms with Crippen molar-refractivity contribution in [3.05, 3.63) is 66.0 Å². The van der Waals surface area contributed by atoms with Crippen LogP contribution in [-0.4, -0.2) is 189 Å². The van der Waals surface area contributed by atoms with Crippen molar-refractivity contribution in [1.29, 1.82) is 0 Å². The van der Waals surface area contributed by atoms with Crippen LogP contribution in [0.4, 0.5) is 0 Å². The molecule has 2 aromatic rings. The second-order valence-corrected chi connectivity index (χ2v) is 22.3. The number of aliphatic carboxylic acids is 11. The van der Waals surface area contributed by atoms with Crippen LogP contribution < -0.4 is 21.3 Å². The lowest BCUT2D eigenvalue weighted by Crippen LogP contribution is -2.40. The number of carboxylic acids is 11. The summed E-state index contributed by atoms with van der Waals surface area (Å²) in [6.45, 7) is 28.2. The molecule has 31 heteroatoms. The van der Waals surface area contributed by atoms with Gasteiger partial charge in [-0.3, -0.25) is 57.7 Å². The molecule has 0 aliphatic heterocycles. The zero-order valence-electron chi connectivity index (χ0n) is 60.3. The molecule has 15 N–H and O–H groups in total. The van der Waals surface area contributed by atoms with Gasteiger partial charge in [0.05, 0.1) is 36.1 Å². The van der Waals surface area contributed by atoms with Crippen LogP contribution in [0.5, 0.6) is 0 Å². The molecule has 0 bridgehead atoms. The summed E-state index contributed by atoms with van der Waals surface area (Å²) < 4.78 is 4.41. The second kappa shape index (κ2) is 65.2. The number of likely N-dealkylation sites (N-methyl/N-ethyl adjacent to an activating group) is 1. The molecule has 7 atom stereocenters. The van der Waals surface area contributed by atoms with E-state index in [-0.39, 0.29) is 72.0 Å². The van der Waals surface area contributed by atoms with Gasteiger partial charge in [-0.2, -0.15) is 0 Å². The Hall–Kier alpha value is -9.13. The first-order valence-electron chi connectivity index (χ1n) is 31.8. The van der Waals surface area contributed by atoms with Gasteiger partial charge in [0.1, 0.15) is 17.8 Å². The number of benzene rings is 1. The molecule has 98 heavy (non-hydrogen) atoms. The average molecular weight is 1410 g/mol. The van der Waals surface area contributed by atoms with Crippen LogP contribution >= 0.6 is 0 Å². The van der Waals surface area contributed by atoms with Crippen molar-refractivity contribution in [2.45, 2.75) is 224 Å². The van der Waals surface area contributed by atoms with E-state index >= 15 is 0 Å². The maximum Gasteiger partial charge on any atom is 0.332 e. The van der Waals surface area contributed by atoms with E-state index < -0.39 is 89.8 Å². The van der Waals surface area contributed by atoms with E-state index in [2.05, 4.69) is 31.0 Å². The quantitative estimate of drug-likeness (QED) is 0.0361. The van der Waals surface area contributed by atoms with E-state index in [4.69, 9.17) is 56.2 Å². The lowest BCUT2D eigenvalue weighted by molar-refractivity contribution is -0.147. The number of carboxylic acid groups (broad SMARTS) is 11. The number of pyridine rings is 1. The lowest BCUT2D eigenvalue weighted by atomic mass is 9.95. The van der Waals surface area contributed by atoms with E-state index in [1.807, 2.05) is 92.6 Å². The van der Waals surface area contributed by atoms with Crippen molar-refractivity contribution < 1.29 is 128 Å². The molecule has 1 aliphatic carbocycles. The minimum atomic E-state index is -1.04. The monoisotopic (exact) mass is 1410 g/mol. The second-order valence-electron chi connectivity index (χ2n) is 22.3. The van der Waals surface area contributed by atoms with Crippen LogP contribution in [0.25, 0.3) is 0 Å². The Bertz CT molecular complexity index is 2510. The Labute approximate surface area is 576 Å². The number of carbonyl (C=O) groups excluding carboxylic acids is 3. The predicted molar refractivity (Wildman–Crippen MR) is 364 cm³/mol. The van der Waals surface area contributed by atoms with Gasteiger partial charge < -0.3 is 82.2 Å². The number of hydrogen-bond acceptors (Lipinski definition) is 17. The van der Waals surface area contributed by atoms with Crippen molar-refractivity contribution in [2.75, 3.05) is 20.7 Å². The third-order valence-corrected chi connectivity index (χ3v) is 12.5. The molecular formula is C67H115N5O26. The molecule has 3 rings (SSSR count). The highest BCUT2D eigenvalue weighted by molar-refractivity contribution is 5.94. The number of ether oxygens (including phenoxy) is 1. The number of aromatic nitrogens is 1. The molecule has 3 amide bonds. The molecule has 1 fully saturated rings. The minimum absolute atomic E-state index is 0.0282. The van der Waals surface area contributed by atoms with E-state index in [0.29, 0.717) is 31.6 Å². The number of nitrogens with zero attached hydrogens (tertiary/aromatic N) is 1. The summed E-state index contributed by atoms with van der Waals surface area (Å²) in [4.78, 5) is 147. The number of hydrogen-bond donors (Lipinski definition) is 15. The summed E-state index contributed by atoms with van der Waals surface area (Å²) in [5.74, 6) is -9.71. The number of carbonyl (C=O) groups is 14. The summed E-state index contributed by atoms with van der Waals surface area (Å²) in [6.07, 6.45) is 8.29. The highest BCUT2D eigenvalue weighted by Gasteiger charge is 2.48. The molecule has 1 heterocycles. The molecule has 1 aromatic carbocycles. The third kappa shape index (κ3) is 71.2. The first-order chi connectivity index (χ1) is 45.3. The standard InChI is InChI=1S/C10H12N2O3.C10H12O2.C8H16O2.2C6H11NO3.C6H10O2.2C5H10O2.C4H8O3.C4H8O2.C3H7NO2/c1-2-7(10(14)15)12-9(13)8-5-3-4-6-11-8;1-2-9(10(11)12)8-6-4-3-5-7-8;1-4-7(8(9)10)5-6(2)3;1-4(3-6(9)10)7-5(2)8;1-3-5(6(9)10)7-4(2)8;1-2-6(3-4-6)5(7)8;1-4(2)3-5(6)7;1-3-4(2)5(6)7;1-3(7-2)4(5)6;1-2-3-4(5)6;1-4-2-3(5)6/h3-7H,2H2,1H3,(H,12,13)(H,14,15);3-7,9H,2H2,1H3,(H,11,12);6-7H,4-5H2,1-3H3,(H,9,10);4H,3H2,1-2H3,(H,7,8)(H,9,10);5H,3H2,1-2H3,(H,7,8)(H,9,10);2-4H2,1H3,(H,7,8);2*4H,3H2,1-2H3,(H,6,7);3H,1-2H3,(H,5,6);2-3H2,1H3,(H,5,6);4H,2H2,1H3,(H,5,6). The van der Waals surface area contributed by atoms with E-state index in [0.717, 1.165) is 50.5 Å². The number of rotatable bonds is 29. The molecule has 1 aliphatic rings. The molecule has 1 saturated carbocycles. The maximum atomic E-state index is 11.5. The van der Waals surface area contributed by atoms with Gasteiger partial charge in [-0.1, -0.05) is 119 Å². The topological polar surface area (TPSA) is 532 Å². The largest absolute Gasteiger partial charge is 0.481 e. The highest BCUT2D eigenvalue weighted by atomic mass is 16.5. The fraction of sp³-hybridized carbons (Fsp3) is 0.627. The summed E-state index contributed by atoms with van der Waals surface area (Å²) >= 11 is 0. The van der Waals surface area contributed by atoms with Crippen molar-refractivity contribution in [3.8, 4) is 0 Å². The Kier molecular flexibility index (Phi) is 69.8. The van der Waals surface area contributed by atoms with Gasteiger partial charge in [0.2, 0.25) is 11.8 Å². The molecule has 31 nitrogen and oxygen atoms in total. The summed E-state index contributed by atoms with van der Waals surface area (Å²) in [6, 6.07) is 12.3. The number of methoxy groups -OCH3 is 1. The Morgan fingerprint density at radius 1 is 0.510 bits per heavy atom. The molecule has 7 unspecified atom stereocenters. The normalized spacial score (nSPS) is 12.7. The summed E-state index contributed by atoms with van der Waals surface area (Å²) in [5, 5.41) is 101. The van der Waals surface area contributed by atoms with Crippen molar-refractivity contribution >= 4 is 83.4 Å². The van der Waals surface area contributed by atoms with Gasteiger partial charge in [-0.05, 0) is 115 Å². The lowest BCUT2D eigenvalue weighted by Gasteiger charge is -2.11. The Morgan fingerprint density at radius 3 is 1.15 bits per heavy atom. The third-order valence-electron chi connectivity index (χ3n) is 12.5. The van der Waals surface area contributed by atoms with Gasteiger partial charge in [0.25, 0.3) is 5.91 Å². The van der Waals surface area contributed by atoms with Crippen LogP contribution in [0.1, 0.15) is 216 Å². The molecule has 0 saturated heterocycles. The van der Waals surface area contributed by atoms with Crippen LogP contribution in [0.3, 0.4) is 0 Å². The zero-order chi connectivity index (χ0) is 78.4. The zero-order valence-corrected chi connectivity index (χ0v) is 60.3. The summed E-state index contributed by atoms with van der Waals surface area (Å²) in [7, 11) is 2.95. The fourth-order valence-electron chi connectivity index (χ4n) is 6.42. The first-order valence-corrected chi connectivity index (χ1v) is 31.8. The Balaban J connectivity index is -0.000000153. The van der Waals surface area contributed by atoms with Crippen LogP contribution in [0, 0.1) is 29.1 Å².